The number of rotatable bonds is 2. The molecule has 20 heavy (non-hydrogen) atoms. The van der Waals surface area contributed by atoms with Crippen molar-refractivity contribution in [3.63, 3.8) is 0 Å². The molecule has 0 spiro atoms. The Kier molecular flexibility index (Phi) is 3.19. The van der Waals surface area contributed by atoms with E-state index >= 15 is 0 Å². The van der Waals surface area contributed by atoms with Gasteiger partial charge in [-0.1, -0.05) is 12.1 Å². The van der Waals surface area contributed by atoms with Crippen LogP contribution in [0.25, 0.3) is 17.1 Å². The highest BCUT2D eigenvalue weighted by atomic mass is 79.9. The molecular weight excluding hydrogens is 325 g/mol. The molecule has 5 nitrogen and oxygen atoms in total. The van der Waals surface area contributed by atoms with Crippen molar-refractivity contribution in [2.24, 2.45) is 0 Å². The van der Waals surface area contributed by atoms with Gasteiger partial charge in [-0.2, -0.15) is 4.68 Å². The molecule has 2 N–H and O–H groups in total. The molecule has 0 aliphatic heterocycles. The normalized spacial score (nSPS) is 10.7. The number of tetrazole rings is 1. The van der Waals surface area contributed by atoms with Gasteiger partial charge >= 0.3 is 0 Å². The zero-order chi connectivity index (χ0) is 14.1. The molecule has 0 bridgehead atoms. The summed E-state index contributed by atoms with van der Waals surface area (Å²) in [4.78, 5) is 0. The Morgan fingerprint density at radius 3 is 2.70 bits per heavy atom. The minimum Gasteiger partial charge on any atom is -0.398 e. The van der Waals surface area contributed by atoms with Crippen molar-refractivity contribution < 1.29 is 4.39 Å². The first-order valence-corrected chi connectivity index (χ1v) is 6.55. The number of anilines is 1. The van der Waals surface area contributed by atoms with Crippen LogP contribution < -0.4 is 5.73 Å². The summed E-state index contributed by atoms with van der Waals surface area (Å²) in [6.07, 6.45) is 0. The first-order valence-electron chi connectivity index (χ1n) is 5.75. The van der Waals surface area contributed by atoms with E-state index in [1.54, 1.807) is 18.2 Å². The molecule has 3 aromatic rings. The van der Waals surface area contributed by atoms with Gasteiger partial charge < -0.3 is 5.73 Å². The van der Waals surface area contributed by atoms with Crippen molar-refractivity contribution in [3.8, 4) is 17.1 Å². The molecule has 2 aromatic carbocycles. The predicted molar refractivity (Wildman–Crippen MR) is 76.7 cm³/mol. The molecule has 100 valence electrons. The fourth-order valence-electron chi connectivity index (χ4n) is 1.85. The van der Waals surface area contributed by atoms with Crippen molar-refractivity contribution in [1.29, 1.82) is 0 Å². The monoisotopic (exact) mass is 333 g/mol. The Bertz CT molecular complexity index is 771. The summed E-state index contributed by atoms with van der Waals surface area (Å²) in [5.74, 6) is 0.157. The zero-order valence-corrected chi connectivity index (χ0v) is 11.7. The maximum atomic E-state index is 13.3. The average molecular weight is 334 g/mol. The van der Waals surface area contributed by atoms with Gasteiger partial charge in [0.25, 0.3) is 0 Å². The molecule has 7 heteroatoms. The highest BCUT2D eigenvalue weighted by Gasteiger charge is 2.13. The SMILES string of the molecule is Nc1ccccc1-c1nnnn1-c1ccc(F)c(Br)c1. The van der Waals surface area contributed by atoms with Gasteiger partial charge in [0.1, 0.15) is 5.82 Å². The van der Waals surface area contributed by atoms with Crippen LogP contribution >= 0.6 is 15.9 Å². The van der Waals surface area contributed by atoms with Crippen LogP contribution in [0.15, 0.2) is 46.9 Å². The molecule has 0 atom stereocenters. The molecule has 1 heterocycles. The van der Waals surface area contributed by atoms with Crippen LogP contribution in [0.5, 0.6) is 0 Å². The highest BCUT2D eigenvalue weighted by Crippen LogP contribution is 2.26. The minimum atomic E-state index is -0.345. The second-order valence-electron chi connectivity index (χ2n) is 4.10. The second-order valence-corrected chi connectivity index (χ2v) is 4.95. The minimum absolute atomic E-state index is 0.345. The molecule has 1 aromatic heterocycles. The Labute approximate surface area is 122 Å². The van der Waals surface area contributed by atoms with Gasteiger partial charge in [-0.25, -0.2) is 4.39 Å². The average Bonchev–Trinajstić information content (AvgIpc) is 2.91. The van der Waals surface area contributed by atoms with Gasteiger partial charge in [-0.15, -0.1) is 5.10 Å². The molecule has 0 fully saturated rings. The third-order valence-electron chi connectivity index (χ3n) is 2.82. The van der Waals surface area contributed by atoms with Gasteiger partial charge in [0.15, 0.2) is 5.82 Å². The van der Waals surface area contributed by atoms with Crippen LogP contribution in [0.2, 0.25) is 0 Å². The summed E-state index contributed by atoms with van der Waals surface area (Å²) in [7, 11) is 0. The lowest BCUT2D eigenvalue weighted by molar-refractivity contribution is 0.620. The number of para-hydroxylation sites is 1. The van der Waals surface area contributed by atoms with Gasteiger partial charge in [-0.05, 0) is 56.7 Å². The van der Waals surface area contributed by atoms with E-state index in [9.17, 15) is 4.39 Å². The second kappa shape index (κ2) is 5.01. The van der Waals surface area contributed by atoms with E-state index in [1.165, 1.54) is 10.7 Å². The quantitative estimate of drug-likeness (QED) is 0.732. The Morgan fingerprint density at radius 1 is 1.15 bits per heavy atom. The number of benzene rings is 2. The van der Waals surface area contributed by atoms with E-state index in [0.29, 0.717) is 21.7 Å². The smallest absolute Gasteiger partial charge is 0.189 e. The summed E-state index contributed by atoms with van der Waals surface area (Å²) in [6.45, 7) is 0. The standard InChI is InChI=1S/C13H9BrFN5/c14-10-7-8(5-6-11(10)15)20-13(17-18-19-20)9-3-1-2-4-12(9)16/h1-7H,16H2. The Balaban J connectivity index is 2.15. The van der Waals surface area contributed by atoms with E-state index < -0.39 is 0 Å². The summed E-state index contributed by atoms with van der Waals surface area (Å²) in [5.41, 5.74) is 7.87. The highest BCUT2D eigenvalue weighted by molar-refractivity contribution is 9.10. The molecule has 0 radical (unpaired) electrons. The lowest BCUT2D eigenvalue weighted by atomic mass is 10.1. The lowest BCUT2D eigenvalue weighted by Gasteiger charge is -2.07. The molecule has 0 amide bonds. The third-order valence-corrected chi connectivity index (χ3v) is 3.43. The molecular formula is C13H9BrFN5. The Morgan fingerprint density at radius 2 is 1.95 bits per heavy atom. The van der Waals surface area contributed by atoms with Crippen LogP contribution in [0.1, 0.15) is 0 Å². The molecule has 3 rings (SSSR count). The van der Waals surface area contributed by atoms with Crippen molar-refractivity contribution >= 4 is 21.6 Å². The molecule has 0 saturated carbocycles. The number of hydrogen-bond donors (Lipinski definition) is 1. The summed E-state index contributed by atoms with van der Waals surface area (Å²) in [5, 5.41) is 11.6. The Hall–Kier alpha value is -2.28. The number of hydrogen-bond acceptors (Lipinski definition) is 4. The number of nitrogens with two attached hydrogens (primary N) is 1. The number of aromatic nitrogens is 4. The first-order chi connectivity index (χ1) is 9.66. The largest absolute Gasteiger partial charge is 0.398 e. The fraction of sp³-hybridized carbons (Fsp3) is 0. The number of nitrogen functional groups attached to an aromatic ring is 1. The zero-order valence-electron chi connectivity index (χ0n) is 10.2. The number of nitrogens with zero attached hydrogens (tertiary/aromatic N) is 4. The van der Waals surface area contributed by atoms with Crippen LogP contribution in [0.3, 0.4) is 0 Å². The molecule has 0 saturated heterocycles. The summed E-state index contributed by atoms with van der Waals surface area (Å²) >= 11 is 3.15. The summed E-state index contributed by atoms with van der Waals surface area (Å²) in [6, 6.07) is 11.8. The van der Waals surface area contributed by atoms with Crippen LogP contribution in [-0.2, 0) is 0 Å². The van der Waals surface area contributed by atoms with E-state index in [2.05, 4.69) is 31.5 Å². The summed E-state index contributed by atoms with van der Waals surface area (Å²) < 4.78 is 15.2. The van der Waals surface area contributed by atoms with Gasteiger partial charge in [0, 0.05) is 11.3 Å². The molecule has 0 unspecified atom stereocenters. The fourth-order valence-corrected chi connectivity index (χ4v) is 2.21. The van der Waals surface area contributed by atoms with E-state index in [-0.39, 0.29) is 5.82 Å². The van der Waals surface area contributed by atoms with Crippen molar-refractivity contribution in [2.75, 3.05) is 5.73 Å². The first kappa shape index (κ1) is 12.7. The number of halogens is 2. The maximum Gasteiger partial charge on any atom is 0.189 e. The van der Waals surface area contributed by atoms with Crippen LogP contribution in [0, 0.1) is 5.82 Å². The molecule has 0 aliphatic rings. The van der Waals surface area contributed by atoms with Crippen molar-refractivity contribution in [1.82, 2.24) is 20.2 Å². The van der Waals surface area contributed by atoms with Gasteiger partial charge in [0.2, 0.25) is 0 Å². The van der Waals surface area contributed by atoms with Gasteiger partial charge in [0.05, 0.1) is 10.2 Å². The van der Waals surface area contributed by atoms with Crippen molar-refractivity contribution in [3.05, 3.63) is 52.8 Å². The topological polar surface area (TPSA) is 69.6 Å². The van der Waals surface area contributed by atoms with Crippen LogP contribution in [-0.4, -0.2) is 20.2 Å². The van der Waals surface area contributed by atoms with E-state index in [0.717, 1.165) is 5.56 Å². The maximum absolute atomic E-state index is 13.3. The van der Waals surface area contributed by atoms with E-state index in [4.69, 9.17) is 5.73 Å². The predicted octanol–water partition coefficient (Wildman–Crippen LogP) is 2.81. The van der Waals surface area contributed by atoms with Crippen molar-refractivity contribution in [2.45, 2.75) is 0 Å². The van der Waals surface area contributed by atoms with E-state index in [1.807, 2.05) is 18.2 Å². The lowest BCUT2D eigenvalue weighted by Crippen LogP contribution is -2.02. The third kappa shape index (κ3) is 2.16. The molecule has 0 aliphatic carbocycles. The van der Waals surface area contributed by atoms with Crippen LogP contribution in [0.4, 0.5) is 10.1 Å². The van der Waals surface area contributed by atoms with Gasteiger partial charge in [-0.3, -0.25) is 0 Å².